The molecule has 0 saturated carbocycles. The van der Waals surface area contributed by atoms with E-state index in [-0.39, 0.29) is 21.4 Å². The van der Waals surface area contributed by atoms with Crippen molar-refractivity contribution in [1.82, 2.24) is 9.62 Å². The number of sulfonamides is 1. The molecule has 0 bridgehead atoms. The number of halogens is 2. The van der Waals surface area contributed by atoms with Crippen LogP contribution in [0.2, 0.25) is 9.36 Å². The van der Waals surface area contributed by atoms with E-state index >= 15 is 0 Å². The van der Waals surface area contributed by atoms with Crippen LogP contribution in [0.5, 0.6) is 0 Å². The van der Waals surface area contributed by atoms with E-state index in [1.54, 1.807) is 33.9 Å². The number of amides is 1. The van der Waals surface area contributed by atoms with Crippen LogP contribution < -0.4 is 4.72 Å². The average Bonchev–Trinajstić information content (AvgIpc) is 2.89. The Morgan fingerprint density at radius 1 is 1.19 bits per heavy atom. The summed E-state index contributed by atoms with van der Waals surface area (Å²) in [5.41, 5.74) is -0.425. The molecule has 0 fully saturated rings. The Labute approximate surface area is 168 Å². The molecule has 0 aliphatic rings. The molecule has 26 heavy (non-hydrogen) atoms. The highest BCUT2D eigenvalue weighted by atomic mass is 35.5. The molecule has 5 nitrogen and oxygen atoms in total. The van der Waals surface area contributed by atoms with E-state index in [2.05, 4.69) is 4.72 Å². The van der Waals surface area contributed by atoms with Gasteiger partial charge in [0.2, 0.25) is 10.0 Å². The first-order valence-corrected chi connectivity index (χ1v) is 10.8. The summed E-state index contributed by atoms with van der Waals surface area (Å²) in [6, 6.07) is 7.85. The second kappa shape index (κ2) is 7.86. The molecule has 0 atom stereocenters. The lowest BCUT2D eigenvalue weighted by Gasteiger charge is -2.21. The van der Waals surface area contributed by atoms with Gasteiger partial charge in [0.25, 0.3) is 5.91 Å². The van der Waals surface area contributed by atoms with E-state index in [4.69, 9.17) is 23.2 Å². The van der Waals surface area contributed by atoms with Crippen LogP contribution in [0.15, 0.2) is 35.2 Å². The topological polar surface area (TPSA) is 66.5 Å². The van der Waals surface area contributed by atoms with E-state index in [0.717, 1.165) is 4.88 Å². The lowest BCUT2D eigenvalue weighted by atomic mass is 10.1. The molecule has 0 unspecified atom stereocenters. The Bertz CT molecular complexity index is 918. The first-order valence-electron chi connectivity index (χ1n) is 7.72. The smallest absolute Gasteiger partial charge is 0.253 e. The highest BCUT2D eigenvalue weighted by Gasteiger charge is 2.26. The normalized spacial score (nSPS) is 12.2. The summed E-state index contributed by atoms with van der Waals surface area (Å²) in [7, 11) is -2.21. The molecule has 1 aromatic carbocycles. The molecule has 2 aromatic rings. The van der Waals surface area contributed by atoms with Gasteiger partial charge >= 0.3 is 0 Å². The standard InChI is InChI=1S/C17H20Cl2N2O3S2/c1-17(2,3)20-26(23,24)14-9-11(5-7-13(14)18)16(22)21(4)10-12-6-8-15(19)25-12/h5-9,20H,10H2,1-4H3. The molecule has 142 valence electrons. The van der Waals surface area contributed by atoms with Crippen molar-refractivity contribution in [1.29, 1.82) is 0 Å². The lowest BCUT2D eigenvalue weighted by Crippen LogP contribution is -2.40. The zero-order valence-electron chi connectivity index (χ0n) is 14.8. The van der Waals surface area contributed by atoms with Gasteiger partial charge in [0, 0.05) is 23.0 Å². The second-order valence-electron chi connectivity index (χ2n) is 6.87. The van der Waals surface area contributed by atoms with E-state index in [9.17, 15) is 13.2 Å². The van der Waals surface area contributed by atoms with Crippen LogP contribution in [-0.4, -0.2) is 31.8 Å². The van der Waals surface area contributed by atoms with E-state index < -0.39 is 15.6 Å². The van der Waals surface area contributed by atoms with E-state index in [1.165, 1.54) is 34.4 Å². The molecular formula is C17H20Cl2N2O3S2. The molecular weight excluding hydrogens is 415 g/mol. The van der Waals surface area contributed by atoms with Crippen LogP contribution in [0.25, 0.3) is 0 Å². The SMILES string of the molecule is CN(Cc1ccc(Cl)s1)C(=O)c1ccc(Cl)c(S(=O)(=O)NC(C)(C)C)c1. The fraction of sp³-hybridized carbons (Fsp3) is 0.353. The van der Waals surface area contributed by atoms with E-state index in [0.29, 0.717) is 10.9 Å². The molecule has 0 spiro atoms. The van der Waals surface area contributed by atoms with Gasteiger partial charge in [-0.2, -0.15) is 0 Å². The molecule has 0 aliphatic carbocycles. The van der Waals surface area contributed by atoms with Gasteiger partial charge in [0.1, 0.15) is 4.90 Å². The highest BCUT2D eigenvalue weighted by Crippen LogP contribution is 2.26. The van der Waals surface area contributed by atoms with Crippen molar-refractivity contribution in [3.8, 4) is 0 Å². The number of thiophene rings is 1. The minimum atomic E-state index is -3.85. The van der Waals surface area contributed by atoms with Gasteiger partial charge in [0.05, 0.1) is 15.9 Å². The van der Waals surface area contributed by atoms with Gasteiger partial charge in [0.15, 0.2) is 0 Å². The van der Waals surface area contributed by atoms with Crippen molar-refractivity contribution in [3.63, 3.8) is 0 Å². The maximum Gasteiger partial charge on any atom is 0.253 e. The van der Waals surface area contributed by atoms with Crippen LogP contribution in [0, 0.1) is 0 Å². The predicted octanol–water partition coefficient (Wildman–Crippen LogP) is 4.40. The van der Waals surface area contributed by atoms with Gasteiger partial charge in [-0.05, 0) is 51.1 Å². The minimum Gasteiger partial charge on any atom is -0.337 e. The Kier molecular flexibility index (Phi) is 6.40. The fourth-order valence-corrected chi connectivity index (χ4v) is 5.35. The molecule has 0 aliphatic heterocycles. The molecule has 1 aromatic heterocycles. The van der Waals surface area contributed by atoms with Gasteiger partial charge in [-0.1, -0.05) is 23.2 Å². The molecule has 1 N–H and O–H groups in total. The number of benzene rings is 1. The summed E-state index contributed by atoms with van der Waals surface area (Å²) in [4.78, 5) is 15.0. The summed E-state index contributed by atoms with van der Waals surface area (Å²) >= 11 is 13.4. The lowest BCUT2D eigenvalue weighted by molar-refractivity contribution is 0.0786. The van der Waals surface area contributed by atoms with Crippen molar-refractivity contribution in [2.75, 3.05) is 7.05 Å². The number of carbonyl (C=O) groups is 1. The Morgan fingerprint density at radius 3 is 2.38 bits per heavy atom. The fourth-order valence-electron chi connectivity index (χ4n) is 2.26. The minimum absolute atomic E-state index is 0.0611. The summed E-state index contributed by atoms with van der Waals surface area (Å²) in [5.74, 6) is -0.307. The monoisotopic (exact) mass is 434 g/mol. The second-order valence-corrected chi connectivity index (χ2v) is 10.7. The summed E-state index contributed by atoms with van der Waals surface area (Å²) in [5, 5.41) is 0.0611. The molecule has 2 rings (SSSR count). The first kappa shape index (κ1) is 21.2. The maximum absolute atomic E-state index is 12.7. The quantitative estimate of drug-likeness (QED) is 0.757. The predicted molar refractivity (Wildman–Crippen MR) is 107 cm³/mol. The molecule has 1 heterocycles. The Balaban J connectivity index is 2.29. The zero-order valence-corrected chi connectivity index (χ0v) is 18.0. The van der Waals surface area contributed by atoms with Crippen molar-refractivity contribution in [2.24, 2.45) is 0 Å². The number of nitrogens with zero attached hydrogens (tertiary/aromatic N) is 1. The Morgan fingerprint density at radius 2 is 1.85 bits per heavy atom. The largest absolute Gasteiger partial charge is 0.337 e. The number of carbonyl (C=O) groups excluding carboxylic acids is 1. The van der Waals surface area contributed by atoms with Crippen LogP contribution in [-0.2, 0) is 16.6 Å². The third-order valence-corrected chi connectivity index (χ3v) is 6.73. The number of hydrogen-bond acceptors (Lipinski definition) is 4. The third kappa shape index (κ3) is 5.44. The average molecular weight is 435 g/mol. The van der Waals surface area contributed by atoms with E-state index in [1.807, 2.05) is 6.07 Å². The van der Waals surface area contributed by atoms with Crippen LogP contribution >= 0.6 is 34.5 Å². The molecule has 0 saturated heterocycles. The molecule has 1 amide bonds. The zero-order chi connectivity index (χ0) is 19.7. The third-order valence-electron chi connectivity index (χ3n) is 3.28. The number of hydrogen-bond donors (Lipinski definition) is 1. The van der Waals surface area contributed by atoms with Gasteiger partial charge < -0.3 is 4.90 Å². The van der Waals surface area contributed by atoms with Crippen molar-refractivity contribution in [2.45, 2.75) is 37.8 Å². The van der Waals surface area contributed by atoms with Gasteiger partial charge in [-0.25, -0.2) is 13.1 Å². The Hall–Kier alpha value is -1.12. The van der Waals surface area contributed by atoms with Crippen molar-refractivity contribution >= 4 is 50.5 Å². The summed E-state index contributed by atoms with van der Waals surface area (Å²) in [6.45, 7) is 5.56. The van der Waals surface area contributed by atoms with Crippen LogP contribution in [0.1, 0.15) is 36.0 Å². The van der Waals surface area contributed by atoms with Crippen molar-refractivity contribution < 1.29 is 13.2 Å². The number of nitrogens with one attached hydrogen (secondary N) is 1. The molecule has 9 heteroatoms. The van der Waals surface area contributed by atoms with Crippen molar-refractivity contribution in [3.05, 3.63) is 50.1 Å². The molecule has 0 radical (unpaired) electrons. The van der Waals surface area contributed by atoms with Gasteiger partial charge in [-0.15, -0.1) is 11.3 Å². The summed E-state index contributed by atoms with van der Waals surface area (Å²) in [6.07, 6.45) is 0. The number of rotatable bonds is 5. The van der Waals surface area contributed by atoms with Crippen LogP contribution in [0.4, 0.5) is 0 Å². The maximum atomic E-state index is 12.7. The highest BCUT2D eigenvalue weighted by molar-refractivity contribution is 7.89. The summed E-state index contributed by atoms with van der Waals surface area (Å²) < 4.78 is 28.3. The first-order chi connectivity index (χ1) is 11.9. The van der Waals surface area contributed by atoms with Gasteiger partial charge in [-0.3, -0.25) is 4.79 Å². The van der Waals surface area contributed by atoms with Crippen LogP contribution in [0.3, 0.4) is 0 Å².